The van der Waals surface area contributed by atoms with Crippen LogP contribution in [0, 0.1) is 0 Å². The van der Waals surface area contributed by atoms with Crippen molar-refractivity contribution in [3.8, 4) is 0 Å². The number of benzene rings is 1. The molecule has 1 amide bonds. The molecule has 7 heteroatoms. The molecule has 0 spiro atoms. The Bertz CT molecular complexity index is 950. The highest BCUT2D eigenvalue weighted by Gasteiger charge is 2.23. The van der Waals surface area contributed by atoms with Gasteiger partial charge in [-0.3, -0.25) is 4.79 Å². The maximum atomic E-state index is 12.0. The van der Waals surface area contributed by atoms with E-state index in [0.717, 1.165) is 33.6 Å². The van der Waals surface area contributed by atoms with Crippen LogP contribution in [0.15, 0.2) is 24.4 Å². The van der Waals surface area contributed by atoms with Crippen molar-refractivity contribution in [3.05, 3.63) is 35.7 Å². The van der Waals surface area contributed by atoms with Crippen molar-refractivity contribution in [3.63, 3.8) is 0 Å². The van der Waals surface area contributed by atoms with Gasteiger partial charge >= 0.3 is 0 Å². The zero-order valence-corrected chi connectivity index (χ0v) is 16.4. The highest BCUT2D eigenvalue weighted by Crippen LogP contribution is 2.32. The molecule has 1 aromatic carbocycles. The Morgan fingerprint density at radius 2 is 2.08 bits per heavy atom. The highest BCUT2D eigenvalue weighted by molar-refractivity contribution is 7.20. The van der Waals surface area contributed by atoms with E-state index in [2.05, 4.69) is 42.2 Å². The van der Waals surface area contributed by atoms with Crippen molar-refractivity contribution in [2.75, 3.05) is 16.8 Å². The molecule has 0 unspecified atom stereocenters. The summed E-state index contributed by atoms with van der Waals surface area (Å²) in [5.74, 6) is 0.205. The van der Waals surface area contributed by atoms with Crippen molar-refractivity contribution >= 4 is 38.7 Å². The first-order chi connectivity index (χ1) is 12.3. The molecule has 26 heavy (non-hydrogen) atoms. The summed E-state index contributed by atoms with van der Waals surface area (Å²) in [6.45, 7) is 9.16. The van der Waals surface area contributed by atoms with Crippen LogP contribution in [0.2, 0.25) is 0 Å². The zero-order valence-electron chi connectivity index (χ0n) is 15.5. The van der Waals surface area contributed by atoms with E-state index in [-0.39, 0.29) is 11.3 Å². The molecule has 0 fully saturated rings. The minimum Gasteiger partial charge on any atom is -0.330 e. The van der Waals surface area contributed by atoms with E-state index in [1.54, 1.807) is 0 Å². The second kappa shape index (κ2) is 6.09. The van der Waals surface area contributed by atoms with Crippen LogP contribution < -0.4 is 10.2 Å². The Morgan fingerprint density at radius 3 is 2.77 bits per heavy atom. The monoisotopic (exact) mass is 369 g/mol. The van der Waals surface area contributed by atoms with Gasteiger partial charge in [0, 0.05) is 29.8 Å². The summed E-state index contributed by atoms with van der Waals surface area (Å²) in [5, 5.41) is 8.78. The molecule has 6 nitrogen and oxygen atoms in total. The second-order valence-electron chi connectivity index (χ2n) is 7.62. The third-order valence-corrected chi connectivity index (χ3v) is 5.50. The zero-order chi connectivity index (χ0) is 18.5. The summed E-state index contributed by atoms with van der Waals surface area (Å²) in [6.07, 6.45) is 3.36. The van der Waals surface area contributed by atoms with E-state index in [4.69, 9.17) is 0 Å². The molecule has 3 aromatic rings. The lowest BCUT2D eigenvalue weighted by molar-refractivity contribution is -0.118. The van der Waals surface area contributed by atoms with E-state index >= 15 is 0 Å². The fraction of sp³-hybridized carbons (Fsp3) is 0.421. The molecular formula is C19H23N5OS. The first-order valence-corrected chi connectivity index (χ1v) is 9.74. The van der Waals surface area contributed by atoms with Gasteiger partial charge in [-0.1, -0.05) is 32.1 Å². The smallest absolute Gasteiger partial charge is 0.227 e. The third kappa shape index (κ3) is 2.96. The lowest BCUT2D eigenvalue weighted by atomic mass is 9.93. The summed E-state index contributed by atoms with van der Waals surface area (Å²) in [7, 11) is 0. The first kappa shape index (κ1) is 17.0. The summed E-state index contributed by atoms with van der Waals surface area (Å²) in [5.41, 5.74) is 4.27. The average molecular weight is 369 g/mol. The van der Waals surface area contributed by atoms with E-state index in [0.29, 0.717) is 13.0 Å². The Balaban J connectivity index is 1.59. The predicted molar refractivity (Wildman–Crippen MR) is 106 cm³/mol. The van der Waals surface area contributed by atoms with Crippen molar-refractivity contribution < 1.29 is 4.79 Å². The molecule has 0 aliphatic carbocycles. The molecule has 1 N–H and O–H groups in total. The van der Waals surface area contributed by atoms with Crippen LogP contribution in [0.4, 0.5) is 16.5 Å². The standard InChI is InChI=1S/C19H23N5OS/c1-5-23-14-8-7-13(10-12(14)6-9-16(23)25)20-17-22-24-11-15(19(2,3)4)21-18(24)26-17/h7-8,10-11H,5-6,9H2,1-4H3,(H,20,22). The number of carbonyl (C=O) groups excluding carboxylic acids is 1. The fourth-order valence-electron chi connectivity index (χ4n) is 3.22. The maximum absolute atomic E-state index is 12.0. The number of carbonyl (C=O) groups is 1. The number of anilines is 3. The molecule has 0 saturated heterocycles. The van der Waals surface area contributed by atoms with Crippen LogP contribution in [0.3, 0.4) is 0 Å². The number of nitrogens with one attached hydrogen (secondary N) is 1. The Kier molecular flexibility index (Phi) is 3.99. The summed E-state index contributed by atoms with van der Waals surface area (Å²) >= 11 is 1.54. The van der Waals surface area contributed by atoms with Crippen LogP contribution in [0.1, 0.15) is 45.4 Å². The van der Waals surface area contributed by atoms with Crippen molar-refractivity contribution in [1.29, 1.82) is 0 Å². The van der Waals surface area contributed by atoms with Gasteiger partial charge in [-0.15, -0.1) is 5.10 Å². The van der Waals surface area contributed by atoms with Gasteiger partial charge in [-0.2, -0.15) is 0 Å². The van der Waals surface area contributed by atoms with Crippen LogP contribution in [0.5, 0.6) is 0 Å². The number of hydrogen-bond acceptors (Lipinski definition) is 5. The quantitative estimate of drug-likeness (QED) is 0.754. The van der Waals surface area contributed by atoms with Crippen LogP contribution >= 0.6 is 11.3 Å². The Hall–Kier alpha value is -2.41. The van der Waals surface area contributed by atoms with Gasteiger partial charge in [0.1, 0.15) is 0 Å². The molecular weight excluding hydrogens is 346 g/mol. The molecule has 4 rings (SSSR count). The van der Waals surface area contributed by atoms with Crippen LogP contribution in [-0.2, 0) is 16.6 Å². The van der Waals surface area contributed by atoms with E-state index in [1.807, 2.05) is 34.7 Å². The van der Waals surface area contributed by atoms with Gasteiger partial charge in [0.2, 0.25) is 16.0 Å². The lowest BCUT2D eigenvalue weighted by Gasteiger charge is -2.28. The SMILES string of the molecule is CCN1C(=O)CCc2cc(Nc3nn4cc(C(C)(C)C)nc4s3)ccc21. The first-order valence-electron chi connectivity index (χ1n) is 8.92. The number of amides is 1. The second-order valence-corrected chi connectivity index (χ2v) is 8.57. The molecule has 0 bridgehead atoms. The fourth-order valence-corrected chi connectivity index (χ4v) is 4.02. The topological polar surface area (TPSA) is 62.5 Å². The minimum absolute atomic E-state index is 0.0160. The Morgan fingerprint density at radius 1 is 1.27 bits per heavy atom. The van der Waals surface area contributed by atoms with Crippen LogP contribution in [-0.4, -0.2) is 27.0 Å². The number of hydrogen-bond donors (Lipinski definition) is 1. The number of aryl methyl sites for hydroxylation is 1. The summed E-state index contributed by atoms with van der Waals surface area (Å²) in [4.78, 5) is 19.4. The van der Waals surface area contributed by atoms with E-state index in [1.165, 1.54) is 16.9 Å². The normalized spacial score (nSPS) is 14.8. The van der Waals surface area contributed by atoms with E-state index in [9.17, 15) is 4.79 Å². The molecule has 136 valence electrons. The predicted octanol–water partition coefficient (Wildman–Crippen LogP) is 4.13. The summed E-state index contributed by atoms with van der Waals surface area (Å²) in [6, 6.07) is 6.15. The van der Waals surface area contributed by atoms with Crippen molar-refractivity contribution in [2.24, 2.45) is 0 Å². The molecule has 2 aromatic heterocycles. The Labute approximate surface area is 156 Å². The number of imidazole rings is 1. The van der Waals surface area contributed by atoms with Gasteiger partial charge in [-0.25, -0.2) is 9.50 Å². The molecule has 1 aliphatic heterocycles. The largest absolute Gasteiger partial charge is 0.330 e. The van der Waals surface area contributed by atoms with Crippen LogP contribution in [0.25, 0.3) is 4.96 Å². The molecule has 0 radical (unpaired) electrons. The number of fused-ring (bicyclic) bond motifs is 2. The van der Waals surface area contributed by atoms with Crippen molar-refractivity contribution in [2.45, 2.75) is 46.0 Å². The highest BCUT2D eigenvalue weighted by atomic mass is 32.1. The minimum atomic E-state index is 0.0160. The molecule has 0 saturated carbocycles. The van der Waals surface area contributed by atoms with E-state index < -0.39 is 0 Å². The lowest BCUT2D eigenvalue weighted by Crippen LogP contribution is -2.34. The molecule has 1 aliphatic rings. The van der Waals surface area contributed by atoms with Gasteiger partial charge in [0.15, 0.2) is 0 Å². The number of rotatable bonds is 3. The average Bonchev–Trinajstić information content (AvgIpc) is 3.13. The third-order valence-electron chi connectivity index (χ3n) is 4.66. The molecule has 0 atom stereocenters. The number of aromatic nitrogens is 3. The maximum Gasteiger partial charge on any atom is 0.227 e. The van der Waals surface area contributed by atoms with Gasteiger partial charge in [-0.05, 0) is 37.1 Å². The summed E-state index contributed by atoms with van der Waals surface area (Å²) < 4.78 is 1.84. The van der Waals surface area contributed by atoms with Crippen molar-refractivity contribution in [1.82, 2.24) is 14.6 Å². The van der Waals surface area contributed by atoms with Gasteiger partial charge < -0.3 is 10.2 Å². The molecule has 3 heterocycles. The number of nitrogens with zero attached hydrogens (tertiary/aromatic N) is 4. The van der Waals surface area contributed by atoms with Gasteiger partial charge in [0.25, 0.3) is 0 Å². The van der Waals surface area contributed by atoms with Gasteiger partial charge in [0.05, 0.1) is 11.9 Å².